The van der Waals surface area contributed by atoms with Gasteiger partial charge in [-0.15, -0.1) is 11.8 Å². The summed E-state index contributed by atoms with van der Waals surface area (Å²) in [5.74, 6) is -0.794. The zero-order chi connectivity index (χ0) is 28.5. The number of hydrogen-bond acceptors (Lipinski definition) is 8. The number of alkyl halides is 7. The van der Waals surface area contributed by atoms with Crippen molar-refractivity contribution in [1.82, 2.24) is 10.2 Å². The number of thioether (sulfide) groups is 1. The van der Waals surface area contributed by atoms with Gasteiger partial charge in [0.1, 0.15) is 30.7 Å². The summed E-state index contributed by atoms with van der Waals surface area (Å²) in [5, 5.41) is 3.01. The van der Waals surface area contributed by atoms with Crippen molar-refractivity contribution in [3.63, 3.8) is 0 Å². The Morgan fingerprint density at radius 3 is 2.29 bits per heavy atom. The molecule has 9 nitrogen and oxygen atoms in total. The molecule has 1 aromatic rings. The molecule has 0 radical (unpaired) electrons. The van der Waals surface area contributed by atoms with Gasteiger partial charge in [-0.2, -0.15) is 0 Å². The van der Waals surface area contributed by atoms with Gasteiger partial charge in [-0.3, -0.25) is 14.4 Å². The van der Waals surface area contributed by atoms with Gasteiger partial charge in [0.15, 0.2) is 5.94 Å². The first-order chi connectivity index (χ1) is 17.6. The predicted molar refractivity (Wildman–Crippen MR) is 152 cm³/mol. The maximum absolute atomic E-state index is 13.2. The number of fused-ring (bicyclic) bond motifs is 1. The summed E-state index contributed by atoms with van der Waals surface area (Å²) in [5.41, 5.74) is -0.364. The average molecular weight is 733 g/mol. The quantitative estimate of drug-likeness (QED) is 0.1000. The lowest BCUT2D eigenvalue weighted by Crippen LogP contribution is -2.71. The van der Waals surface area contributed by atoms with E-state index in [2.05, 4.69) is 21.2 Å². The topological polar surface area (TPSA) is 105 Å². The van der Waals surface area contributed by atoms with Gasteiger partial charge < -0.3 is 15.0 Å². The normalized spacial score (nSPS) is 24.7. The molecule has 2 aliphatic rings. The van der Waals surface area contributed by atoms with Crippen molar-refractivity contribution < 1.29 is 28.8 Å². The van der Waals surface area contributed by atoms with Crippen LogP contribution in [0.15, 0.2) is 36.0 Å². The third kappa shape index (κ3) is 7.37. The van der Waals surface area contributed by atoms with E-state index in [4.69, 9.17) is 79.2 Å². The van der Waals surface area contributed by atoms with Crippen molar-refractivity contribution in [1.29, 1.82) is 0 Å². The van der Waals surface area contributed by atoms with E-state index in [0.29, 0.717) is 5.33 Å². The van der Waals surface area contributed by atoms with E-state index in [1.54, 1.807) is 37.3 Å². The Balaban J connectivity index is 1.79. The van der Waals surface area contributed by atoms with Crippen LogP contribution in [-0.4, -0.2) is 77.0 Å². The predicted octanol–water partition coefficient (Wildman–Crippen LogP) is 4.35. The minimum absolute atomic E-state index is 0.260. The largest absolute Gasteiger partial charge is 0.460 e. The molecular weight excluding hydrogens is 715 g/mol. The minimum atomic E-state index is -1.86. The number of hydrogen-bond donors (Lipinski definition) is 1. The SMILES string of the molecule is CC1(CBr)S[C@@H]2C(NC(=O)C(=C=O)N(OCC(Cl)(Cl)Cl)c3ccccc3)C(=O)N2C1C(=O)OCC(Cl)(Cl)Cl. The number of benzene rings is 1. The van der Waals surface area contributed by atoms with E-state index in [1.807, 2.05) is 0 Å². The second-order valence-corrected chi connectivity index (χ2v) is 15.5. The Labute approximate surface area is 260 Å². The molecule has 2 aliphatic heterocycles. The van der Waals surface area contributed by atoms with Gasteiger partial charge in [0.05, 0.1) is 10.4 Å². The molecule has 0 aromatic heterocycles. The number of carbonyl (C=O) groups excluding carboxylic acids is 4. The summed E-state index contributed by atoms with van der Waals surface area (Å²) in [6.07, 6.45) is 0. The first kappa shape index (κ1) is 31.9. The number of amides is 2. The highest BCUT2D eigenvalue weighted by atomic mass is 79.9. The zero-order valence-electron chi connectivity index (χ0n) is 19.1. The first-order valence-electron chi connectivity index (χ1n) is 10.5. The minimum Gasteiger partial charge on any atom is -0.460 e. The lowest BCUT2D eigenvalue weighted by Gasteiger charge is -2.44. The van der Waals surface area contributed by atoms with Crippen LogP contribution in [0.1, 0.15) is 6.92 Å². The van der Waals surface area contributed by atoms with Gasteiger partial charge in [0, 0.05) is 5.33 Å². The van der Waals surface area contributed by atoms with Crippen molar-refractivity contribution in [2.24, 2.45) is 0 Å². The summed E-state index contributed by atoms with van der Waals surface area (Å²) in [6, 6.07) is 5.95. The number of ether oxygens (including phenoxy) is 1. The van der Waals surface area contributed by atoms with Crippen LogP contribution in [0, 0.1) is 0 Å². The molecule has 0 aliphatic carbocycles. The van der Waals surface area contributed by atoms with E-state index < -0.39 is 66.5 Å². The smallest absolute Gasteiger partial charge is 0.330 e. The fraction of sp³-hybridized carbons (Fsp3) is 0.476. The second kappa shape index (κ2) is 12.5. The Kier molecular flexibility index (Phi) is 10.5. The van der Waals surface area contributed by atoms with Crippen LogP contribution in [-0.2, 0) is 28.8 Å². The number of esters is 1. The van der Waals surface area contributed by atoms with Gasteiger partial charge in [-0.05, 0) is 19.1 Å². The Morgan fingerprint density at radius 1 is 1.16 bits per heavy atom. The number of anilines is 1. The monoisotopic (exact) mass is 729 g/mol. The molecule has 0 bridgehead atoms. The summed E-state index contributed by atoms with van der Waals surface area (Å²) >= 11 is 39.0. The van der Waals surface area contributed by atoms with E-state index in [-0.39, 0.29) is 5.69 Å². The lowest BCUT2D eigenvalue weighted by molar-refractivity contribution is -0.164. The van der Waals surface area contributed by atoms with E-state index in [9.17, 15) is 19.2 Å². The van der Waals surface area contributed by atoms with E-state index in [0.717, 1.165) is 5.06 Å². The van der Waals surface area contributed by atoms with Gasteiger partial charge in [-0.1, -0.05) is 104 Å². The van der Waals surface area contributed by atoms with Gasteiger partial charge in [-0.25, -0.2) is 14.7 Å². The first-order valence-corrected chi connectivity index (χ1v) is 14.8. The molecule has 3 unspecified atom stereocenters. The molecule has 4 atom stereocenters. The number of para-hydroxylation sites is 1. The van der Waals surface area contributed by atoms with E-state index in [1.165, 1.54) is 22.6 Å². The van der Waals surface area contributed by atoms with Crippen molar-refractivity contribution in [3.05, 3.63) is 36.0 Å². The number of hydroxylamine groups is 1. The number of nitrogens with one attached hydrogen (secondary N) is 1. The van der Waals surface area contributed by atoms with Crippen LogP contribution in [0.5, 0.6) is 0 Å². The van der Waals surface area contributed by atoms with Crippen LogP contribution in [0.2, 0.25) is 0 Å². The van der Waals surface area contributed by atoms with Gasteiger partial charge >= 0.3 is 5.97 Å². The van der Waals surface area contributed by atoms with Crippen molar-refractivity contribution >= 4 is 127 Å². The maximum atomic E-state index is 13.2. The number of nitrogens with zero attached hydrogens (tertiary/aromatic N) is 2. The lowest BCUT2D eigenvalue weighted by atomic mass is 9.96. The number of carbonyl (C=O) groups is 3. The standard InChI is InChI=1S/C21H18BrCl6N3O6S/c1-19(8-22)14(18(35)36-9-20(23,24)25)30-16(34)13(17(30)38-19)29-15(33)12(7-32)31(37-10-21(26,27)28)11-5-3-2-4-6-11/h2-6,13-14,17H,8-10H2,1H3,(H,29,33)/t13?,14?,17-,19?/m1/s1. The number of β-lactam (4-membered cyclic amide) rings is 1. The van der Waals surface area contributed by atoms with Crippen molar-refractivity contribution in [3.8, 4) is 0 Å². The highest BCUT2D eigenvalue weighted by Crippen LogP contribution is 2.52. The van der Waals surface area contributed by atoms with Crippen molar-refractivity contribution in [2.75, 3.05) is 23.6 Å². The molecule has 2 amide bonds. The third-order valence-electron chi connectivity index (χ3n) is 5.34. The summed E-state index contributed by atoms with van der Waals surface area (Å²) < 4.78 is 0.607. The van der Waals surface area contributed by atoms with E-state index >= 15 is 0 Å². The fourth-order valence-electron chi connectivity index (χ4n) is 3.71. The molecule has 38 heavy (non-hydrogen) atoms. The molecule has 2 fully saturated rings. The summed E-state index contributed by atoms with van der Waals surface area (Å²) in [4.78, 5) is 57.7. The molecule has 3 rings (SSSR count). The molecule has 17 heteroatoms. The third-order valence-corrected chi connectivity index (χ3v) is 9.18. The maximum Gasteiger partial charge on any atom is 0.330 e. The molecule has 2 saturated heterocycles. The molecule has 1 N–H and O–H groups in total. The average Bonchev–Trinajstić information content (AvgIpc) is 3.13. The number of rotatable bonds is 9. The molecule has 2 heterocycles. The Bertz CT molecular complexity index is 1130. The van der Waals surface area contributed by atoms with Crippen LogP contribution in [0.3, 0.4) is 0 Å². The summed E-state index contributed by atoms with van der Waals surface area (Å²) in [7, 11) is 0. The molecular formula is C21H18BrCl6N3O6S. The number of halogens is 7. The van der Waals surface area contributed by atoms with Crippen LogP contribution in [0.4, 0.5) is 5.69 Å². The second-order valence-electron chi connectivity index (χ2n) is 8.25. The highest BCUT2D eigenvalue weighted by molar-refractivity contribution is 9.09. The fourth-order valence-corrected chi connectivity index (χ4v) is 6.34. The van der Waals surface area contributed by atoms with Gasteiger partial charge in [0.25, 0.3) is 5.91 Å². The molecule has 0 spiro atoms. The summed E-state index contributed by atoms with van der Waals surface area (Å²) in [6.45, 7) is 0.720. The molecule has 0 saturated carbocycles. The van der Waals surface area contributed by atoms with Crippen LogP contribution >= 0.6 is 97.3 Å². The highest BCUT2D eigenvalue weighted by Gasteiger charge is 2.66. The van der Waals surface area contributed by atoms with Crippen molar-refractivity contribution in [2.45, 2.75) is 36.7 Å². The Morgan fingerprint density at radius 2 is 1.76 bits per heavy atom. The Hall–Kier alpha value is -0.590. The molecule has 1 aromatic carbocycles. The van der Waals surface area contributed by atoms with Crippen LogP contribution in [0.25, 0.3) is 0 Å². The molecule has 208 valence electrons. The van der Waals surface area contributed by atoms with Crippen LogP contribution < -0.4 is 10.4 Å². The zero-order valence-corrected chi connectivity index (χ0v) is 26.1. The van der Waals surface area contributed by atoms with Gasteiger partial charge in [0.2, 0.25) is 19.2 Å².